The standard InChI is InChI=1S/C19H21N5O2S2/c1-12-3-4-14-16(7-12)28-19(21-14)22-17(25)9-23-5-6-24(13(2)8-23)18(26)15-10-27-11-20-15/h3-4,7,10-11,13H,5-6,8-9H2,1-2H3,(H,21,22,25)/t13-/m0/s1. The first kappa shape index (κ1) is 19.0. The van der Waals surface area contributed by atoms with Gasteiger partial charge in [-0.3, -0.25) is 14.5 Å². The molecule has 9 heteroatoms. The minimum absolute atomic E-state index is 0.0289. The van der Waals surface area contributed by atoms with E-state index in [9.17, 15) is 9.59 Å². The fraction of sp³-hybridized carbons (Fsp3) is 0.368. The highest BCUT2D eigenvalue weighted by Crippen LogP contribution is 2.26. The van der Waals surface area contributed by atoms with Crippen molar-refractivity contribution in [2.75, 3.05) is 31.5 Å². The number of fused-ring (bicyclic) bond motifs is 1. The number of piperazine rings is 1. The number of aryl methyl sites for hydroxylation is 1. The molecule has 4 rings (SSSR count). The van der Waals surface area contributed by atoms with Crippen molar-refractivity contribution in [2.24, 2.45) is 0 Å². The van der Waals surface area contributed by atoms with Gasteiger partial charge in [0.25, 0.3) is 5.91 Å². The van der Waals surface area contributed by atoms with Gasteiger partial charge in [-0.15, -0.1) is 11.3 Å². The van der Waals surface area contributed by atoms with Gasteiger partial charge in [0.05, 0.1) is 22.3 Å². The molecule has 2 amide bonds. The molecule has 1 atom stereocenters. The summed E-state index contributed by atoms with van der Waals surface area (Å²) in [4.78, 5) is 37.5. The zero-order chi connectivity index (χ0) is 19.7. The van der Waals surface area contributed by atoms with Crippen LogP contribution in [0.4, 0.5) is 5.13 Å². The van der Waals surface area contributed by atoms with E-state index in [1.165, 1.54) is 28.2 Å². The second-order valence-corrected chi connectivity index (χ2v) is 8.74. The zero-order valence-corrected chi connectivity index (χ0v) is 17.3. The largest absolute Gasteiger partial charge is 0.332 e. The van der Waals surface area contributed by atoms with Gasteiger partial charge in [-0.25, -0.2) is 9.97 Å². The molecule has 146 valence electrons. The second-order valence-electron chi connectivity index (χ2n) is 6.99. The van der Waals surface area contributed by atoms with E-state index >= 15 is 0 Å². The molecule has 1 N–H and O–H groups in total. The number of aromatic nitrogens is 2. The van der Waals surface area contributed by atoms with Crippen LogP contribution in [0.15, 0.2) is 29.1 Å². The van der Waals surface area contributed by atoms with Crippen LogP contribution in [0.5, 0.6) is 0 Å². The molecule has 28 heavy (non-hydrogen) atoms. The summed E-state index contributed by atoms with van der Waals surface area (Å²) < 4.78 is 1.07. The lowest BCUT2D eigenvalue weighted by molar-refractivity contribution is -0.117. The van der Waals surface area contributed by atoms with E-state index in [4.69, 9.17) is 0 Å². The number of thiazole rings is 2. The van der Waals surface area contributed by atoms with Crippen LogP contribution in [0.3, 0.4) is 0 Å². The van der Waals surface area contributed by atoms with Crippen LogP contribution in [0.1, 0.15) is 23.0 Å². The summed E-state index contributed by atoms with van der Waals surface area (Å²) >= 11 is 2.90. The summed E-state index contributed by atoms with van der Waals surface area (Å²) in [5, 5.41) is 5.30. The van der Waals surface area contributed by atoms with Crippen molar-refractivity contribution in [1.29, 1.82) is 0 Å². The number of nitrogens with zero attached hydrogens (tertiary/aromatic N) is 4. The third-order valence-electron chi connectivity index (χ3n) is 4.78. The number of rotatable bonds is 4. The quantitative estimate of drug-likeness (QED) is 0.709. The van der Waals surface area contributed by atoms with Gasteiger partial charge >= 0.3 is 0 Å². The van der Waals surface area contributed by atoms with Crippen molar-refractivity contribution in [3.05, 3.63) is 40.3 Å². The number of hydrogen-bond donors (Lipinski definition) is 1. The van der Waals surface area contributed by atoms with E-state index in [1.807, 2.05) is 30.9 Å². The Hall–Kier alpha value is -2.36. The highest BCUT2D eigenvalue weighted by molar-refractivity contribution is 7.22. The summed E-state index contributed by atoms with van der Waals surface area (Å²) in [5.74, 6) is -0.120. The molecule has 1 fully saturated rings. The first-order valence-electron chi connectivity index (χ1n) is 9.08. The second kappa shape index (κ2) is 7.94. The third-order valence-corrected chi connectivity index (χ3v) is 6.30. The van der Waals surface area contributed by atoms with Crippen molar-refractivity contribution >= 4 is 49.8 Å². The van der Waals surface area contributed by atoms with Crippen molar-refractivity contribution in [2.45, 2.75) is 19.9 Å². The summed E-state index contributed by atoms with van der Waals surface area (Å²) in [6.45, 7) is 6.24. The molecule has 0 bridgehead atoms. The molecule has 1 aromatic carbocycles. The lowest BCUT2D eigenvalue weighted by Crippen LogP contribution is -2.55. The predicted octanol–water partition coefficient (Wildman–Crippen LogP) is 2.85. The van der Waals surface area contributed by atoms with Crippen LogP contribution in [0.25, 0.3) is 10.2 Å². The van der Waals surface area contributed by atoms with Crippen molar-refractivity contribution in [1.82, 2.24) is 19.8 Å². The van der Waals surface area contributed by atoms with Gasteiger partial charge in [-0.05, 0) is 31.5 Å². The van der Waals surface area contributed by atoms with E-state index in [0.29, 0.717) is 30.5 Å². The van der Waals surface area contributed by atoms with Gasteiger partial charge in [0, 0.05) is 31.1 Å². The molecule has 3 heterocycles. The monoisotopic (exact) mass is 415 g/mol. The Morgan fingerprint density at radius 2 is 2.18 bits per heavy atom. The van der Waals surface area contributed by atoms with Crippen molar-refractivity contribution < 1.29 is 9.59 Å². The Kier molecular flexibility index (Phi) is 5.38. The SMILES string of the molecule is Cc1ccc2nc(NC(=O)CN3CCN(C(=O)c4cscn4)[C@@H](C)C3)sc2c1. The molecule has 0 unspecified atom stereocenters. The summed E-state index contributed by atoms with van der Waals surface area (Å²) in [6.07, 6.45) is 0. The fourth-order valence-corrected chi connectivity index (χ4v) is 4.90. The first-order valence-corrected chi connectivity index (χ1v) is 10.8. The summed E-state index contributed by atoms with van der Waals surface area (Å²) in [7, 11) is 0. The molecule has 0 radical (unpaired) electrons. The number of hydrogen-bond acceptors (Lipinski definition) is 7. The topological polar surface area (TPSA) is 78.4 Å². The molecule has 0 spiro atoms. The van der Waals surface area contributed by atoms with E-state index in [-0.39, 0.29) is 24.4 Å². The molecular weight excluding hydrogens is 394 g/mol. The van der Waals surface area contributed by atoms with Gasteiger partial charge in [-0.1, -0.05) is 17.4 Å². The molecule has 1 aliphatic heterocycles. The van der Waals surface area contributed by atoms with E-state index in [1.54, 1.807) is 10.9 Å². The maximum absolute atomic E-state index is 12.5. The van der Waals surface area contributed by atoms with Gasteiger partial charge in [0.2, 0.25) is 5.91 Å². The van der Waals surface area contributed by atoms with Gasteiger partial charge in [0.1, 0.15) is 5.69 Å². The Morgan fingerprint density at radius 3 is 2.93 bits per heavy atom. The molecule has 2 aromatic heterocycles. The lowest BCUT2D eigenvalue weighted by Gasteiger charge is -2.39. The summed E-state index contributed by atoms with van der Waals surface area (Å²) in [6, 6.07) is 6.09. The first-order chi connectivity index (χ1) is 13.5. The lowest BCUT2D eigenvalue weighted by atomic mass is 10.1. The Labute approximate surface area is 171 Å². The Bertz CT molecular complexity index is 1000. The molecule has 0 aliphatic carbocycles. The molecule has 1 aliphatic rings. The molecular formula is C19H21N5O2S2. The summed E-state index contributed by atoms with van der Waals surface area (Å²) in [5.41, 5.74) is 4.23. The van der Waals surface area contributed by atoms with Gasteiger partial charge in [-0.2, -0.15) is 0 Å². The Balaban J connectivity index is 1.33. The van der Waals surface area contributed by atoms with Gasteiger partial charge < -0.3 is 10.2 Å². The maximum atomic E-state index is 12.5. The van der Waals surface area contributed by atoms with Crippen LogP contribution < -0.4 is 5.32 Å². The smallest absolute Gasteiger partial charge is 0.273 e. The van der Waals surface area contributed by atoms with E-state index in [2.05, 4.69) is 26.3 Å². The number of carbonyl (C=O) groups is 2. The normalized spacial score (nSPS) is 17.8. The van der Waals surface area contributed by atoms with Crippen molar-refractivity contribution in [3.63, 3.8) is 0 Å². The highest BCUT2D eigenvalue weighted by Gasteiger charge is 2.29. The average Bonchev–Trinajstić information content (AvgIpc) is 3.30. The van der Waals surface area contributed by atoms with E-state index in [0.717, 1.165) is 10.2 Å². The van der Waals surface area contributed by atoms with Crippen LogP contribution in [-0.4, -0.2) is 63.8 Å². The molecule has 1 saturated heterocycles. The number of anilines is 1. The fourth-order valence-electron chi connectivity index (χ4n) is 3.39. The van der Waals surface area contributed by atoms with E-state index < -0.39 is 0 Å². The Morgan fingerprint density at radius 1 is 1.32 bits per heavy atom. The minimum Gasteiger partial charge on any atom is -0.332 e. The van der Waals surface area contributed by atoms with Crippen LogP contribution in [-0.2, 0) is 4.79 Å². The number of benzene rings is 1. The van der Waals surface area contributed by atoms with Crippen LogP contribution in [0.2, 0.25) is 0 Å². The molecule has 7 nitrogen and oxygen atoms in total. The van der Waals surface area contributed by atoms with Gasteiger partial charge in [0.15, 0.2) is 5.13 Å². The third kappa shape index (κ3) is 4.06. The average molecular weight is 416 g/mol. The maximum Gasteiger partial charge on any atom is 0.273 e. The van der Waals surface area contributed by atoms with Crippen molar-refractivity contribution in [3.8, 4) is 0 Å². The highest BCUT2D eigenvalue weighted by atomic mass is 32.1. The van der Waals surface area contributed by atoms with Crippen LogP contribution in [0, 0.1) is 6.92 Å². The molecule has 3 aromatic rings. The number of amides is 2. The number of carbonyl (C=O) groups excluding carboxylic acids is 2. The minimum atomic E-state index is -0.0812. The predicted molar refractivity (Wildman–Crippen MR) is 112 cm³/mol. The number of nitrogens with one attached hydrogen (secondary N) is 1. The van der Waals surface area contributed by atoms with Crippen LogP contribution >= 0.6 is 22.7 Å². The zero-order valence-electron chi connectivity index (χ0n) is 15.7. The molecule has 0 saturated carbocycles.